The van der Waals surface area contributed by atoms with Crippen molar-refractivity contribution in [2.45, 2.75) is 180 Å². The lowest BCUT2D eigenvalue weighted by Crippen LogP contribution is -2.50. The highest BCUT2D eigenvalue weighted by molar-refractivity contribution is 7.85. The molecule has 0 aliphatic carbocycles. The van der Waals surface area contributed by atoms with Gasteiger partial charge in [-0.3, -0.25) is 9.35 Å². The third-order valence-corrected chi connectivity index (χ3v) is 8.20. The van der Waals surface area contributed by atoms with Gasteiger partial charge >= 0.3 is 0 Å². The van der Waals surface area contributed by atoms with E-state index < -0.39 is 40.0 Å². The third kappa shape index (κ3) is 24.3. The molecule has 0 radical (unpaired) electrons. The number of carbonyl (C=O) groups excluding carboxylic acids is 1. The SMILES string of the molecule is CCCCCCCCCCCCCCCCCCC(O)C(=O)NC(CS(=O)(=O)O)C(O)CCCCCCC. The van der Waals surface area contributed by atoms with Crippen molar-refractivity contribution < 1.29 is 28.0 Å². The van der Waals surface area contributed by atoms with Crippen LogP contribution < -0.4 is 5.32 Å². The summed E-state index contributed by atoms with van der Waals surface area (Å²) in [5, 5.41) is 23.1. The van der Waals surface area contributed by atoms with Gasteiger partial charge < -0.3 is 15.5 Å². The molecule has 0 aromatic carbocycles. The molecular weight excluding hydrogens is 502 g/mol. The first-order valence-electron chi connectivity index (χ1n) is 15.8. The Balaban J connectivity index is 3.94. The third-order valence-electron chi connectivity index (χ3n) is 7.42. The van der Waals surface area contributed by atoms with Gasteiger partial charge in [0.2, 0.25) is 5.91 Å². The molecule has 4 N–H and O–H groups in total. The van der Waals surface area contributed by atoms with Gasteiger partial charge in [-0.25, -0.2) is 0 Å². The highest BCUT2D eigenvalue weighted by Gasteiger charge is 2.28. The minimum Gasteiger partial charge on any atom is -0.391 e. The number of aliphatic hydroxyl groups excluding tert-OH is 2. The first-order valence-corrected chi connectivity index (χ1v) is 17.4. The summed E-state index contributed by atoms with van der Waals surface area (Å²) in [4.78, 5) is 12.4. The Hall–Kier alpha value is -0.700. The quantitative estimate of drug-likeness (QED) is 0.0595. The number of hydrogen-bond acceptors (Lipinski definition) is 5. The van der Waals surface area contributed by atoms with Crippen LogP contribution in [-0.2, 0) is 14.9 Å². The Bertz CT molecular complexity index is 643. The predicted octanol–water partition coefficient (Wildman–Crippen LogP) is 7.09. The van der Waals surface area contributed by atoms with Gasteiger partial charge in [-0.1, -0.05) is 149 Å². The zero-order chi connectivity index (χ0) is 28.5. The summed E-state index contributed by atoms with van der Waals surface area (Å²) < 4.78 is 32.0. The van der Waals surface area contributed by atoms with Crippen molar-refractivity contribution in [3.63, 3.8) is 0 Å². The minimum absolute atomic E-state index is 0.302. The molecule has 0 bridgehead atoms. The van der Waals surface area contributed by atoms with Gasteiger partial charge in [0, 0.05) is 0 Å². The number of carbonyl (C=O) groups is 1. The first kappa shape index (κ1) is 37.3. The lowest BCUT2D eigenvalue weighted by Gasteiger charge is -2.24. The van der Waals surface area contributed by atoms with Crippen LogP contribution in [0.25, 0.3) is 0 Å². The molecule has 3 unspecified atom stereocenters. The lowest BCUT2D eigenvalue weighted by molar-refractivity contribution is -0.131. The maximum absolute atomic E-state index is 12.4. The molecule has 0 aromatic heterocycles. The fourth-order valence-electron chi connectivity index (χ4n) is 4.93. The van der Waals surface area contributed by atoms with E-state index in [-0.39, 0.29) is 0 Å². The molecule has 0 saturated heterocycles. The molecule has 8 heteroatoms. The summed E-state index contributed by atoms with van der Waals surface area (Å²) in [5.41, 5.74) is 0. The molecule has 228 valence electrons. The monoisotopic (exact) mass is 563 g/mol. The second-order valence-electron chi connectivity index (χ2n) is 11.2. The van der Waals surface area contributed by atoms with Crippen LogP contribution in [0.4, 0.5) is 0 Å². The van der Waals surface area contributed by atoms with Crippen molar-refractivity contribution >= 4 is 16.0 Å². The number of hydrogen-bond donors (Lipinski definition) is 4. The zero-order valence-corrected chi connectivity index (χ0v) is 25.5. The van der Waals surface area contributed by atoms with E-state index >= 15 is 0 Å². The highest BCUT2D eigenvalue weighted by atomic mass is 32.2. The van der Waals surface area contributed by atoms with E-state index in [9.17, 15) is 28.0 Å². The molecule has 1 amide bonds. The van der Waals surface area contributed by atoms with Crippen LogP contribution in [-0.4, -0.2) is 53.1 Å². The van der Waals surface area contributed by atoms with Crippen LogP contribution in [0, 0.1) is 0 Å². The molecule has 0 aliphatic heterocycles. The zero-order valence-electron chi connectivity index (χ0n) is 24.7. The average Bonchev–Trinajstić information content (AvgIpc) is 2.86. The Morgan fingerprint density at radius 3 is 1.32 bits per heavy atom. The molecular formula is C30H61NO6S. The second kappa shape index (κ2) is 25.3. The van der Waals surface area contributed by atoms with Crippen molar-refractivity contribution in [3.8, 4) is 0 Å². The molecule has 0 aliphatic rings. The Morgan fingerprint density at radius 2 is 0.947 bits per heavy atom. The van der Waals surface area contributed by atoms with Gasteiger partial charge in [-0.15, -0.1) is 0 Å². The van der Waals surface area contributed by atoms with E-state index in [4.69, 9.17) is 0 Å². The van der Waals surface area contributed by atoms with Crippen molar-refractivity contribution in [1.82, 2.24) is 5.32 Å². The first-order chi connectivity index (χ1) is 18.2. The van der Waals surface area contributed by atoms with Crippen molar-refractivity contribution in [2.24, 2.45) is 0 Å². The summed E-state index contributed by atoms with van der Waals surface area (Å²) in [6, 6.07) is -1.14. The molecule has 0 rings (SSSR count). The van der Waals surface area contributed by atoms with Gasteiger partial charge in [-0.2, -0.15) is 8.42 Å². The number of aliphatic hydroxyl groups is 2. The largest absolute Gasteiger partial charge is 0.391 e. The normalized spacial score (nSPS) is 14.3. The highest BCUT2D eigenvalue weighted by Crippen LogP contribution is 2.15. The van der Waals surface area contributed by atoms with Gasteiger partial charge in [0.1, 0.15) is 6.10 Å². The Kier molecular flexibility index (Phi) is 24.8. The maximum Gasteiger partial charge on any atom is 0.266 e. The van der Waals surface area contributed by atoms with Crippen molar-refractivity contribution in [3.05, 3.63) is 0 Å². The van der Waals surface area contributed by atoms with Crippen LogP contribution in [0.15, 0.2) is 0 Å². The number of unbranched alkanes of at least 4 members (excludes halogenated alkanes) is 19. The molecule has 0 aromatic rings. The molecule has 7 nitrogen and oxygen atoms in total. The topological polar surface area (TPSA) is 124 Å². The van der Waals surface area contributed by atoms with Gasteiger partial charge in [0.05, 0.1) is 17.9 Å². The summed E-state index contributed by atoms with van der Waals surface area (Å²) >= 11 is 0. The van der Waals surface area contributed by atoms with E-state index in [1.54, 1.807) is 0 Å². The van der Waals surface area contributed by atoms with Crippen molar-refractivity contribution in [1.29, 1.82) is 0 Å². The minimum atomic E-state index is -4.38. The summed E-state index contributed by atoms with van der Waals surface area (Å²) in [7, 11) is -4.38. The summed E-state index contributed by atoms with van der Waals surface area (Å²) in [6.45, 7) is 4.37. The van der Waals surface area contributed by atoms with Gasteiger partial charge in [0.15, 0.2) is 0 Å². The number of rotatable bonds is 28. The van der Waals surface area contributed by atoms with E-state index in [1.807, 2.05) is 0 Å². The molecule has 0 fully saturated rings. The number of amides is 1. The second-order valence-corrected chi connectivity index (χ2v) is 12.7. The van der Waals surface area contributed by atoms with Crippen LogP contribution in [0.2, 0.25) is 0 Å². The van der Waals surface area contributed by atoms with Crippen molar-refractivity contribution in [2.75, 3.05) is 5.75 Å². The average molecular weight is 564 g/mol. The van der Waals surface area contributed by atoms with Crippen LogP contribution in [0.3, 0.4) is 0 Å². The van der Waals surface area contributed by atoms with Crippen LogP contribution in [0.1, 0.15) is 162 Å². The lowest BCUT2D eigenvalue weighted by atomic mass is 10.0. The fraction of sp³-hybridized carbons (Fsp3) is 0.967. The Labute approximate surface area is 234 Å². The molecule has 0 spiro atoms. The van der Waals surface area contributed by atoms with Crippen LogP contribution in [0.5, 0.6) is 0 Å². The van der Waals surface area contributed by atoms with E-state index in [2.05, 4.69) is 19.2 Å². The summed E-state index contributed by atoms with van der Waals surface area (Å²) in [6.07, 6.45) is 23.2. The van der Waals surface area contributed by atoms with E-state index in [0.29, 0.717) is 19.3 Å². The molecule has 3 atom stereocenters. The smallest absolute Gasteiger partial charge is 0.266 e. The fourth-order valence-corrected chi connectivity index (χ4v) is 5.69. The maximum atomic E-state index is 12.4. The predicted molar refractivity (Wildman–Crippen MR) is 158 cm³/mol. The van der Waals surface area contributed by atoms with E-state index in [0.717, 1.165) is 44.9 Å². The molecule has 0 saturated carbocycles. The summed E-state index contributed by atoms with van der Waals surface area (Å²) in [5.74, 6) is -1.45. The van der Waals surface area contributed by atoms with Gasteiger partial charge in [0.25, 0.3) is 10.1 Å². The Morgan fingerprint density at radius 1 is 0.605 bits per heavy atom. The molecule has 38 heavy (non-hydrogen) atoms. The van der Waals surface area contributed by atoms with Crippen LogP contribution >= 0.6 is 0 Å². The number of nitrogens with one attached hydrogen (secondary N) is 1. The molecule has 0 heterocycles. The van der Waals surface area contributed by atoms with E-state index in [1.165, 1.54) is 83.5 Å². The standard InChI is InChI=1S/C30H61NO6S/c1-3-5-7-9-10-11-12-13-14-15-16-17-18-19-21-23-25-29(33)30(34)31-27(26-38(35,36)37)28(32)24-22-20-8-6-4-2/h27-29,32-33H,3-26H2,1-2H3,(H,31,34)(H,35,36,37). The van der Waals surface area contributed by atoms with Gasteiger partial charge in [-0.05, 0) is 12.8 Å².